The highest BCUT2D eigenvalue weighted by molar-refractivity contribution is 7.90. The smallest absolute Gasteiger partial charge is 0.255 e. The van der Waals surface area contributed by atoms with Gasteiger partial charge in [-0.2, -0.15) is 0 Å². The molecule has 0 saturated heterocycles. The summed E-state index contributed by atoms with van der Waals surface area (Å²) in [5, 5.41) is 2.69. The van der Waals surface area contributed by atoms with Crippen molar-refractivity contribution < 1.29 is 13.2 Å². The molecule has 1 amide bonds. The zero-order valence-corrected chi connectivity index (χ0v) is 12.6. The van der Waals surface area contributed by atoms with Gasteiger partial charge in [0.05, 0.1) is 4.90 Å². The summed E-state index contributed by atoms with van der Waals surface area (Å²) < 4.78 is 23.0. The van der Waals surface area contributed by atoms with Gasteiger partial charge in [0, 0.05) is 23.2 Å². The molecule has 0 spiro atoms. The number of nitrogens with one attached hydrogen (secondary N) is 1. The minimum Gasteiger partial charge on any atom is -0.399 e. The molecule has 2 rings (SSSR count). The third-order valence-electron chi connectivity index (χ3n) is 3.02. The van der Waals surface area contributed by atoms with Crippen LogP contribution in [0.1, 0.15) is 15.9 Å². The zero-order chi connectivity index (χ0) is 15.6. The van der Waals surface area contributed by atoms with Crippen molar-refractivity contribution in [2.45, 2.75) is 11.8 Å². The van der Waals surface area contributed by atoms with Gasteiger partial charge < -0.3 is 11.1 Å². The average Bonchev–Trinajstić information content (AvgIpc) is 2.37. The van der Waals surface area contributed by atoms with Gasteiger partial charge in [-0.1, -0.05) is 6.07 Å². The highest BCUT2D eigenvalue weighted by Gasteiger charge is 2.12. The summed E-state index contributed by atoms with van der Waals surface area (Å²) in [5.74, 6) is -0.307. The Labute approximate surface area is 123 Å². The Hall–Kier alpha value is -2.34. The molecule has 0 aliphatic carbocycles. The Morgan fingerprint density at radius 2 is 1.86 bits per heavy atom. The number of hydrogen-bond acceptors (Lipinski definition) is 4. The second-order valence-corrected chi connectivity index (χ2v) is 6.84. The lowest BCUT2D eigenvalue weighted by molar-refractivity contribution is 0.102. The first-order chi connectivity index (χ1) is 9.77. The molecule has 0 heterocycles. The Morgan fingerprint density at radius 1 is 1.14 bits per heavy atom. The van der Waals surface area contributed by atoms with Gasteiger partial charge in [0.1, 0.15) is 0 Å². The Bertz CT molecular complexity index is 798. The van der Waals surface area contributed by atoms with Crippen LogP contribution < -0.4 is 11.1 Å². The van der Waals surface area contributed by atoms with Gasteiger partial charge in [-0.05, 0) is 48.9 Å². The van der Waals surface area contributed by atoms with E-state index in [1.165, 1.54) is 12.1 Å². The number of carbonyl (C=O) groups excluding carboxylic acids is 1. The molecule has 110 valence electrons. The fourth-order valence-electron chi connectivity index (χ4n) is 1.94. The summed E-state index contributed by atoms with van der Waals surface area (Å²) in [6, 6.07) is 11.1. The van der Waals surface area contributed by atoms with Crippen molar-refractivity contribution in [3.63, 3.8) is 0 Å². The first-order valence-corrected chi connectivity index (χ1v) is 8.14. The zero-order valence-electron chi connectivity index (χ0n) is 11.8. The molecule has 0 aliphatic rings. The maximum absolute atomic E-state index is 12.2. The van der Waals surface area contributed by atoms with Crippen molar-refractivity contribution in [2.75, 3.05) is 17.3 Å². The van der Waals surface area contributed by atoms with Crippen LogP contribution in [0.2, 0.25) is 0 Å². The van der Waals surface area contributed by atoms with E-state index in [9.17, 15) is 13.2 Å². The van der Waals surface area contributed by atoms with Crippen LogP contribution in [0.4, 0.5) is 11.4 Å². The van der Waals surface area contributed by atoms with Gasteiger partial charge in [-0.3, -0.25) is 4.79 Å². The van der Waals surface area contributed by atoms with Gasteiger partial charge >= 0.3 is 0 Å². The van der Waals surface area contributed by atoms with E-state index in [-0.39, 0.29) is 10.8 Å². The molecule has 0 saturated carbocycles. The number of nitrogen functional groups attached to an aromatic ring is 1. The van der Waals surface area contributed by atoms with Gasteiger partial charge in [0.15, 0.2) is 9.84 Å². The van der Waals surface area contributed by atoms with Gasteiger partial charge in [-0.25, -0.2) is 8.42 Å². The highest BCUT2D eigenvalue weighted by Crippen LogP contribution is 2.18. The maximum Gasteiger partial charge on any atom is 0.255 e. The van der Waals surface area contributed by atoms with Gasteiger partial charge in [0.2, 0.25) is 0 Å². The van der Waals surface area contributed by atoms with Crippen molar-refractivity contribution in [2.24, 2.45) is 0 Å². The number of benzene rings is 2. The van der Waals surface area contributed by atoms with E-state index in [0.717, 1.165) is 11.8 Å². The second kappa shape index (κ2) is 5.57. The minimum absolute atomic E-state index is 0.161. The van der Waals surface area contributed by atoms with E-state index in [2.05, 4.69) is 5.32 Å². The van der Waals surface area contributed by atoms with Crippen molar-refractivity contribution in [3.05, 3.63) is 53.6 Å². The Morgan fingerprint density at radius 3 is 2.48 bits per heavy atom. The fraction of sp³-hybridized carbons (Fsp3) is 0.133. The molecule has 2 aromatic carbocycles. The van der Waals surface area contributed by atoms with Crippen LogP contribution in [0.5, 0.6) is 0 Å². The number of aryl methyl sites for hydroxylation is 1. The normalized spacial score (nSPS) is 11.1. The molecule has 0 radical (unpaired) electrons. The van der Waals surface area contributed by atoms with Crippen LogP contribution >= 0.6 is 0 Å². The van der Waals surface area contributed by atoms with Crippen molar-refractivity contribution in [1.29, 1.82) is 0 Å². The molecule has 0 unspecified atom stereocenters. The molecule has 3 N–H and O–H groups in total. The van der Waals surface area contributed by atoms with Crippen LogP contribution in [0.25, 0.3) is 0 Å². The molecular weight excluding hydrogens is 288 g/mol. The predicted octanol–water partition coefficient (Wildman–Crippen LogP) is 2.23. The molecule has 5 nitrogen and oxygen atoms in total. The van der Waals surface area contributed by atoms with E-state index >= 15 is 0 Å². The van der Waals surface area contributed by atoms with Crippen LogP contribution in [0, 0.1) is 6.92 Å². The first kappa shape index (κ1) is 15.1. The van der Waals surface area contributed by atoms with Crippen molar-refractivity contribution in [1.82, 2.24) is 0 Å². The number of amides is 1. The molecule has 0 bridgehead atoms. The molecule has 0 aromatic heterocycles. The summed E-state index contributed by atoms with van der Waals surface area (Å²) >= 11 is 0. The van der Waals surface area contributed by atoms with E-state index < -0.39 is 9.84 Å². The van der Waals surface area contributed by atoms with E-state index in [4.69, 9.17) is 5.73 Å². The number of rotatable bonds is 3. The van der Waals surface area contributed by atoms with Crippen LogP contribution in [-0.4, -0.2) is 20.6 Å². The SMILES string of the molecule is Cc1cc(N)ccc1C(=O)Nc1cccc(S(C)(=O)=O)c1. The summed E-state index contributed by atoms with van der Waals surface area (Å²) in [6.07, 6.45) is 1.12. The predicted molar refractivity (Wildman–Crippen MR) is 83.1 cm³/mol. The quantitative estimate of drug-likeness (QED) is 0.851. The lowest BCUT2D eigenvalue weighted by Gasteiger charge is -2.09. The Balaban J connectivity index is 2.28. The monoisotopic (exact) mass is 304 g/mol. The summed E-state index contributed by atoms with van der Waals surface area (Å²) in [6.45, 7) is 1.79. The van der Waals surface area contributed by atoms with Crippen LogP contribution in [0.3, 0.4) is 0 Å². The summed E-state index contributed by atoms with van der Waals surface area (Å²) in [4.78, 5) is 12.4. The van der Waals surface area contributed by atoms with E-state index in [0.29, 0.717) is 16.9 Å². The molecule has 6 heteroatoms. The third kappa shape index (κ3) is 3.61. The number of nitrogens with two attached hydrogens (primary N) is 1. The third-order valence-corrected chi connectivity index (χ3v) is 4.13. The standard InChI is InChI=1S/C15H16N2O3S/c1-10-8-11(16)6-7-14(10)15(18)17-12-4-3-5-13(9-12)21(2,19)20/h3-9H,16H2,1-2H3,(H,17,18). The van der Waals surface area contributed by atoms with Gasteiger partial charge in [-0.15, -0.1) is 0 Å². The van der Waals surface area contributed by atoms with E-state index in [1.807, 2.05) is 0 Å². The summed E-state index contributed by atoms with van der Waals surface area (Å²) in [5.41, 5.74) is 7.92. The highest BCUT2D eigenvalue weighted by atomic mass is 32.2. The topological polar surface area (TPSA) is 89.3 Å². The number of carbonyl (C=O) groups is 1. The maximum atomic E-state index is 12.2. The molecule has 2 aromatic rings. The molecule has 0 atom stereocenters. The number of hydrogen-bond donors (Lipinski definition) is 2. The van der Waals surface area contributed by atoms with Crippen molar-refractivity contribution in [3.8, 4) is 0 Å². The molecule has 0 aliphatic heterocycles. The van der Waals surface area contributed by atoms with Crippen LogP contribution in [0.15, 0.2) is 47.4 Å². The van der Waals surface area contributed by atoms with Gasteiger partial charge in [0.25, 0.3) is 5.91 Å². The number of anilines is 2. The first-order valence-electron chi connectivity index (χ1n) is 6.25. The minimum atomic E-state index is -3.31. The average molecular weight is 304 g/mol. The Kier molecular flexibility index (Phi) is 3.99. The second-order valence-electron chi connectivity index (χ2n) is 4.83. The molecule has 0 fully saturated rings. The lowest BCUT2D eigenvalue weighted by Crippen LogP contribution is -2.14. The molecule has 21 heavy (non-hydrogen) atoms. The van der Waals surface area contributed by atoms with Crippen molar-refractivity contribution >= 4 is 27.1 Å². The summed E-state index contributed by atoms with van der Waals surface area (Å²) in [7, 11) is -3.31. The fourth-order valence-corrected chi connectivity index (χ4v) is 2.61. The largest absolute Gasteiger partial charge is 0.399 e. The van der Waals surface area contributed by atoms with E-state index in [1.54, 1.807) is 37.3 Å². The lowest BCUT2D eigenvalue weighted by atomic mass is 10.1. The number of sulfone groups is 1. The molecular formula is C15H16N2O3S. The van der Waals surface area contributed by atoms with Crippen LogP contribution in [-0.2, 0) is 9.84 Å².